The second kappa shape index (κ2) is 6.60. The fourth-order valence-corrected chi connectivity index (χ4v) is 3.65. The number of amides is 1. The van der Waals surface area contributed by atoms with E-state index < -0.39 is 18.1 Å². The number of aliphatic carboxylic acids is 1. The van der Waals surface area contributed by atoms with Gasteiger partial charge in [0.1, 0.15) is 0 Å². The van der Waals surface area contributed by atoms with Crippen molar-refractivity contribution in [1.82, 2.24) is 5.32 Å². The Morgan fingerprint density at radius 1 is 1.55 bits per heavy atom. The molecule has 0 aromatic rings. The van der Waals surface area contributed by atoms with Crippen molar-refractivity contribution in [3.8, 4) is 0 Å². The van der Waals surface area contributed by atoms with Crippen molar-refractivity contribution in [2.75, 3.05) is 11.5 Å². The summed E-state index contributed by atoms with van der Waals surface area (Å²) in [5.41, 5.74) is 6.28. The average molecular weight is 300 g/mol. The summed E-state index contributed by atoms with van der Waals surface area (Å²) in [5.74, 6) is 0.779. The summed E-state index contributed by atoms with van der Waals surface area (Å²) in [6.07, 6.45) is 2.39. The van der Waals surface area contributed by atoms with Crippen LogP contribution in [0, 0.1) is 0 Å². The van der Waals surface area contributed by atoms with Crippen LogP contribution in [0.25, 0.3) is 0 Å². The van der Waals surface area contributed by atoms with Gasteiger partial charge in [-0.05, 0) is 24.7 Å². The second-order valence-electron chi connectivity index (χ2n) is 5.18. The summed E-state index contributed by atoms with van der Waals surface area (Å²) in [5, 5.41) is 11.9. The molecule has 1 heterocycles. The minimum Gasteiger partial charge on any atom is -0.478 e. The number of carboxylic acid groups (broad SMARTS) is 1. The number of hydrogen-bond donors (Lipinski definition) is 3. The Morgan fingerprint density at radius 2 is 2.30 bits per heavy atom. The first-order valence-corrected chi connectivity index (χ1v) is 7.82. The highest BCUT2D eigenvalue weighted by atomic mass is 32.2. The molecular formula is C13H20N2O4S. The zero-order valence-electron chi connectivity index (χ0n) is 11.4. The van der Waals surface area contributed by atoms with E-state index in [4.69, 9.17) is 15.6 Å². The molecular weight excluding hydrogens is 280 g/mol. The van der Waals surface area contributed by atoms with Crippen LogP contribution in [0.2, 0.25) is 0 Å². The summed E-state index contributed by atoms with van der Waals surface area (Å²) in [7, 11) is 0. The molecule has 7 heteroatoms. The van der Waals surface area contributed by atoms with Crippen molar-refractivity contribution in [2.45, 2.75) is 44.1 Å². The summed E-state index contributed by atoms with van der Waals surface area (Å²) >= 11 is 1.81. The van der Waals surface area contributed by atoms with Gasteiger partial charge in [0.25, 0.3) is 0 Å². The molecule has 6 nitrogen and oxygen atoms in total. The Labute approximate surface area is 122 Å². The van der Waals surface area contributed by atoms with Crippen LogP contribution in [0.1, 0.15) is 19.8 Å². The van der Waals surface area contributed by atoms with Crippen molar-refractivity contribution in [2.24, 2.45) is 5.73 Å². The van der Waals surface area contributed by atoms with Gasteiger partial charge in [-0.15, -0.1) is 0 Å². The zero-order chi connectivity index (χ0) is 14.7. The quantitative estimate of drug-likeness (QED) is 0.682. The summed E-state index contributed by atoms with van der Waals surface area (Å²) in [4.78, 5) is 22.4. The number of nitrogens with one attached hydrogen (secondary N) is 1. The van der Waals surface area contributed by atoms with Gasteiger partial charge in [-0.1, -0.05) is 0 Å². The van der Waals surface area contributed by atoms with Gasteiger partial charge in [-0.25, -0.2) is 4.79 Å². The minimum atomic E-state index is -0.976. The van der Waals surface area contributed by atoms with E-state index in [1.807, 2.05) is 11.8 Å². The van der Waals surface area contributed by atoms with Crippen LogP contribution < -0.4 is 11.1 Å². The fourth-order valence-electron chi connectivity index (χ4n) is 2.54. The van der Waals surface area contributed by atoms with E-state index in [-0.39, 0.29) is 30.0 Å². The maximum atomic E-state index is 11.3. The molecule has 0 bridgehead atoms. The minimum absolute atomic E-state index is 0.0952. The number of carbonyl (C=O) groups excluding carboxylic acids is 1. The first-order valence-electron chi connectivity index (χ1n) is 6.67. The Bertz CT molecular complexity index is 421. The first-order chi connectivity index (χ1) is 9.47. The van der Waals surface area contributed by atoms with E-state index in [0.717, 1.165) is 17.9 Å². The maximum absolute atomic E-state index is 11.3. The van der Waals surface area contributed by atoms with E-state index in [1.54, 1.807) is 6.08 Å². The lowest BCUT2D eigenvalue weighted by atomic mass is 9.88. The molecule has 1 amide bonds. The van der Waals surface area contributed by atoms with Crippen LogP contribution >= 0.6 is 11.8 Å². The standard InChI is InChI=1S/C13H20N2O4S/c1-7(16)15-12-10(14)4-8(13(17)18)5-11(12)19-9-2-3-20-6-9/h5,9-12H,2-4,6,14H2,1H3,(H,15,16)(H,17,18)/t9?,10-,11+,12+/m0/s1. The van der Waals surface area contributed by atoms with Gasteiger partial charge in [-0.3, -0.25) is 4.79 Å². The average Bonchev–Trinajstić information content (AvgIpc) is 2.85. The number of carboxylic acids is 1. The van der Waals surface area contributed by atoms with Crippen LogP contribution in [0.4, 0.5) is 0 Å². The summed E-state index contributed by atoms with van der Waals surface area (Å²) < 4.78 is 5.96. The molecule has 112 valence electrons. The van der Waals surface area contributed by atoms with Crippen LogP contribution in [-0.2, 0) is 14.3 Å². The molecule has 0 radical (unpaired) electrons. The number of thioether (sulfide) groups is 1. The Hall–Kier alpha value is -1.05. The van der Waals surface area contributed by atoms with E-state index in [9.17, 15) is 9.59 Å². The molecule has 0 saturated carbocycles. The second-order valence-corrected chi connectivity index (χ2v) is 6.33. The summed E-state index contributed by atoms with van der Waals surface area (Å²) in [6, 6.07) is -0.824. The lowest BCUT2D eigenvalue weighted by Gasteiger charge is -2.35. The summed E-state index contributed by atoms with van der Waals surface area (Å²) in [6.45, 7) is 1.42. The predicted molar refractivity (Wildman–Crippen MR) is 76.5 cm³/mol. The smallest absolute Gasteiger partial charge is 0.331 e. The van der Waals surface area contributed by atoms with E-state index >= 15 is 0 Å². The number of rotatable bonds is 4. The van der Waals surface area contributed by atoms with Gasteiger partial charge in [0.15, 0.2) is 0 Å². The molecule has 1 aliphatic carbocycles. The van der Waals surface area contributed by atoms with Crippen LogP contribution in [-0.4, -0.2) is 52.8 Å². The highest BCUT2D eigenvalue weighted by molar-refractivity contribution is 7.99. The Balaban J connectivity index is 2.15. The molecule has 1 aliphatic heterocycles. The van der Waals surface area contributed by atoms with Crippen molar-refractivity contribution in [3.05, 3.63) is 11.6 Å². The zero-order valence-corrected chi connectivity index (χ0v) is 12.2. The van der Waals surface area contributed by atoms with Gasteiger partial charge >= 0.3 is 5.97 Å². The normalized spacial score (nSPS) is 33.6. The third kappa shape index (κ3) is 3.74. The maximum Gasteiger partial charge on any atom is 0.331 e. The van der Waals surface area contributed by atoms with Gasteiger partial charge < -0.3 is 20.9 Å². The number of carbonyl (C=O) groups is 2. The van der Waals surface area contributed by atoms with Gasteiger partial charge in [0, 0.05) is 24.3 Å². The largest absolute Gasteiger partial charge is 0.478 e. The van der Waals surface area contributed by atoms with Crippen molar-refractivity contribution >= 4 is 23.6 Å². The number of ether oxygens (including phenoxy) is 1. The SMILES string of the molecule is CC(=O)N[C@@H]1[C@@H](N)CC(C(=O)O)=C[C@H]1OC1CCSC1. The lowest BCUT2D eigenvalue weighted by Crippen LogP contribution is -2.57. The molecule has 0 aromatic carbocycles. The first kappa shape index (κ1) is 15.3. The van der Waals surface area contributed by atoms with Crippen molar-refractivity contribution < 1.29 is 19.4 Å². The number of hydrogen-bond acceptors (Lipinski definition) is 5. The van der Waals surface area contributed by atoms with Crippen LogP contribution in [0.5, 0.6) is 0 Å². The third-order valence-electron chi connectivity index (χ3n) is 3.52. The van der Waals surface area contributed by atoms with Crippen LogP contribution in [0.15, 0.2) is 11.6 Å². The van der Waals surface area contributed by atoms with Crippen molar-refractivity contribution in [1.29, 1.82) is 0 Å². The Kier molecular flexibility index (Phi) is 5.06. The highest BCUT2D eigenvalue weighted by Crippen LogP contribution is 2.26. The van der Waals surface area contributed by atoms with Crippen LogP contribution in [0.3, 0.4) is 0 Å². The molecule has 20 heavy (non-hydrogen) atoms. The van der Waals surface area contributed by atoms with Crippen molar-refractivity contribution in [3.63, 3.8) is 0 Å². The molecule has 4 atom stereocenters. The molecule has 1 saturated heterocycles. The van der Waals surface area contributed by atoms with Gasteiger partial charge in [-0.2, -0.15) is 11.8 Å². The fraction of sp³-hybridized carbons (Fsp3) is 0.692. The highest BCUT2D eigenvalue weighted by Gasteiger charge is 2.36. The molecule has 2 aliphatic rings. The third-order valence-corrected chi connectivity index (χ3v) is 4.65. The molecule has 2 rings (SSSR count). The van der Waals surface area contributed by atoms with E-state index in [2.05, 4.69) is 5.32 Å². The molecule has 0 spiro atoms. The number of nitrogens with two attached hydrogens (primary N) is 1. The molecule has 1 unspecified atom stereocenters. The molecule has 4 N–H and O–H groups in total. The van der Waals surface area contributed by atoms with E-state index in [1.165, 1.54) is 6.92 Å². The van der Waals surface area contributed by atoms with E-state index in [0.29, 0.717) is 0 Å². The van der Waals surface area contributed by atoms with Gasteiger partial charge in [0.05, 0.1) is 18.2 Å². The molecule has 0 aromatic heterocycles. The topological polar surface area (TPSA) is 102 Å². The van der Waals surface area contributed by atoms with Gasteiger partial charge in [0.2, 0.25) is 5.91 Å². The molecule has 1 fully saturated rings. The predicted octanol–water partition coefficient (Wildman–Crippen LogP) is 0.124. The monoisotopic (exact) mass is 300 g/mol. The Morgan fingerprint density at radius 3 is 2.85 bits per heavy atom. The lowest BCUT2D eigenvalue weighted by molar-refractivity contribution is -0.133.